The molecule has 2 aromatic heterocycles. The van der Waals surface area contributed by atoms with Gasteiger partial charge in [-0.15, -0.1) is 0 Å². The van der Waals surface area contributed by atoms with E-state index in [1.165, 1.54) is 0 Å². The van der Waals surface area contributed by atoms with Gasteiger partial charge in [-0.1, -0.05) is 0 Å². The molecule has 0 bridgehead atoms. The molecule has 0 amide bonds. The number of H-pyrrole nitrogens is 1. The molecular formula is C17H22AlN3O3S. The van der Waals surface area contributed by atoms with E-state index < -0.39 is 11.2 Å². The SMILES string of the molecule is COc1ccc2[nH]c([S+]([O-])Cc3ncc(C)c(OC)c3C)nc2c1.[AlH3]. The molecule has 1 N–H and O–H groups in total. The topological polar surface area (TPSA) is 83.1 Å². The fraction of sp³-hybridized carbons (Fsp3) is 0.294. The third kappa shape index (κ3) is 3.93. The summed E-state index contributed by atoms with van der Waals surface area (Å²) >= 11 is -1.33. The number of nitrogens with one attached hydrogen (secondary N) is 1. The number of aromatic amines is 1. The van der Waals surface area contributed by atoms with E-state index in [0.717, 1.165) is 33.6 Å². The zero-order chi connectivity index (χ0) is 17.3. The summed E-state index contributed by atoms with van der Waals surface area (Å²) in [5, 5.41) is 0.430. The van der Waals surface area contributed by atoms with Crippen molar-refractivity contribution in [2.24, 2.45) is 0 Å². The fourth-order valence-corrected chi connectivity index (χ4v) is 3.71. The minimum atomic E-state index is -1.33. The highest BCUT2D eigenvalue weighted by Gasteiger charge is 2.21. The van der Waals surface area contributed by atoms with Crippen LogP contribution in [0.15, 0.2) is 29.6 Å². The number of nitrogens with zero attached hydrogens (tertiary/aromatic N) is 2. The summed E-state index contributed by atoms with van der Waals surface area (Å²) in [6.07, 6.45) is 1.74. The summed E-state index contributed by atoms with van der Waals surface area (Å²) < 4.78 is 23.3. The zero-order valence-electron chi connectivity index (χ0n) is 14.0. The second kappa shape index (κ2) is 8.11. The number of methoxy groups -OCH3 is 2. The molecule has 1 aromatic carbocycles. The lowest BCUT2D eigenvalue weighted by Crippen LogP contribution is -2.10. The number of imidazole rings is 1. The van der Waals surface area contributed by atoms with Crippen LogP contribution in [0.4, 0.5) is 0 Å². The van der Waals surface area contributed by atoms with Crippen LogP contribution in [0.1, 0.15) is 16.8 Å². The lowest BCUT2D eigenvalue weighted by Gasteiger charge is -2.13. The van der Waals surface area contributed by atoms with E-state index in [4.69, 9.17) is 9.47 Å². The molecule has 6 nitrogen and oxygen atoms in total. The Morgan fingerprint density at radius 3 is 2.64 bits per heavy atom. The largest absolute Gasteiger partial charge is 0.609 e. The number of aromatic nitrogens is 3. The second-order valence-electron chi connectivity index (χ2n) is 5.46. The fourth-order valence-electron chi connectivity index (χ4n) is 2.61. The molecule has 0 saturated heterocycles. The summed E-state index contributed by atoms with van der Waals surface area (Å²) in [5.74, 6) is 1.78. The highest BCUT2D eigenvalue weighted by atomic mass is 32.2. The van der Waals surface area contributed by atoms with Crippen molar-refractivity contribution in [1.29, 1.82) is 0 Å². The van der Waals surface area contributed by atoms with Gasteiger partial charge in [0, 0.05) is 34.6 Å². The molecule has 8 heteroatoms. The smallest absolute Gasteiger partial charge is 0.322 e. The van der Waals surface area contributed by atoms with Gasteiger partial charge in [0.15, 0.2) is 23.1 Å². The molecule has 0 aliphatic carbocycles. The molecule has 0 radical (unpaired) electrons. The summed E-state index contributed by atoms with van der Waals surface area (Å²) in [6, 6.07) is 5.51. The highest BCUT2D eigenvalue weighted by molar-refractivity contribution is 7.90. The summed E-state index contributed by atoms with van der Waals surface area (Å²) in [5.41, 5.74) is 4.16. The van der Waals surface area contributed by atoms with Crippen LogP contribution in [0.3, 0.4) is 0 Å². The number of pyridine rings is 1. The standard InChI is InChI=1S/C17H19N3O3S.Al.3H/c1-10-8-18-15(11(2)16(10)23-4)9-24(21)17-19-13-6-5-12(22-3)7-14(13)20-17;;;;/h5-8H,9H2,1-4H3,(H,19,20);;;;. The predicted molar refractivity (Wildman–Crippen MR) is 103 cm³/mol. The maximum atomic E-state index is 12.7. The molecule has 0 spiro atoms. The molecule has 1 atom stereocenters. The van der Waals surface area contributed by atoms with Crippen molar-refractivity contribution in [2.45, 2.75) is 24.8 Å². The van der Waals surface area contributed by atoms with E-state index in [-0.39, 0.29) is 23.1 Å². The number of rotatable bonds is 5. The summed E-state index contributed by atoms with van der Waals surface area (Å²) in [4.78, 5) is 11.9. The van der Waals surface area contributed by atoms with Crippen LogP contribution in [0, 0.1) is 13.8 Å². The van der Waals surface area contributed by atoms with E-state index in [1.54, 1.807) is 20.4 Å². The van der Waals surface area contributed by atoms with Gasteiger partial charge in [-0.3, -0.25) is 9.97 Å². The van der Waals surface area contributed by atoms with Crippen LogP contribution >= 0.6 is 0 Å². The first-order valence-corrected chi connectivity index (χ1v) is 8.76. The number of aryl methyl sites for hydroxylation is 1. The molecule has 3 aromatic rings. The van der Waals surface area contributed by atoms with Crippen molar-refractivity contribution in [2.75, 3.05) is 14.2 Å². The van der Waals surface area contributed by atoms with Gasteiger partial charge in [0.05, 0.1) is 30.9 Å². The molecule has 25 heavy (non-hydrogen) atoms. The zero-order valence-corrected chi connectivity index (χ0v) is 14.9. The second-order valence-corrected chi connectivity index (χ2v) is 6.83. The van der Waals surface area contributed by atoms with E-state index in [2.05, 4.69) is 15.0 Å². The van der Waals surface area contributed by atoms with Gasteiger partial charge in [-0.2, -0.15) is 4.98 Å². The number of hydrogen-bond donors (Lipinski definition) is 1. The van der Waals surface area contributed by atoms with Gasteiger partial charge in [-0.05, 0) is 26.0 Å². The first-order chi connectivity index (χ1) is 11.5. The normalized spacial score (nSPS) is 11.9. The van der Waals surface area contributed by atoms with Crippen molar-refractivity contribution in [3.8, 4) is 11.5 Å². The highest BCUT2D eigenvalue weighted by Crippen LogP contribution is 2.27. The van der Waals surface area contributed by atoms with Crippen LogP contribution in [0.5, 0.6) is 11.5 Å². The molecule has 132 valence electrons. The van der Waals surface area contributed by atoms with E-state index in [1.807, 2.05) is 32.0 Å². The van der Waals surface area contributed by atoms with Gasteiger partial charge < -0.3 is 14.0 Å². The van der Waals surface area contributed by atoms with Crippen molar-refractivity contribution in [3.05, 3.63) is 41.2 Å². The number of fused-ring (bicyclic) bond motifs is 1. The molecule has 0 fully saturated rings. The van der Waals surface area contributed by atoms with E-state index in [9.17, 15) is 4.55 Å². The van der Waals surface area contributed by atoms with Crippen molar-refractivity contribution >= 4 is 39.6 Å². The van der Waals surface area contributed by atoms with Crippen molar-refractivity contribution < 1.29 is 14.0 Å². The van der Waals surface area contributed by atoms with Gasteiger partial charge in [0.25, 0.3) is 0 Å². The quantitative estimate of drug-likeness (QED) is 0.542. The van der Waals surface area contributed by atoms with Gasteiger partial charge in [0.1, 0.15) is 11.5 Å². The van der Waals surface area contributed by atoms with Crippen LogP contribution in [0.25, 0.3) is 11.0 Å². The third-order valence-corrected chi connectivity index (χ3v) is 5.06. The molecule has 2 heterocycles. The molecular weight excluding hydrogens is 353 g/mol. The summed E-state index contributed by atoms with van der Waals surface area (Å²) in [7, 11) is 3.23. The van der Waals surface area contributed by atoms with Crippen molar-refractivity contribution in [3.63, 3.8) is 0 Å². The Balaban J connectivity index is 0.00000225. The summed E-state index contributed by atoms with van der Waals surface area (Å²) in [6.45, 7) is 3.86. The predicted octanol–water partition coefficient (Wildman–Crippen LogP) is 1.72. The molecule has 0 saturated carbocycles. The maximum Gasteiger partial charge on any atom is 0.322 e. The van der Waals surface area contributed by atoms with E-state index >= 15 is 0 Å². The Labute approximate surface area is 160 Å². The molecule has 1 unspecified atom stereocenters. The van der Waals surface area contributed by atoms with Gasteiger partial charge in [-0.25, -0.2) is 0 Å². The first-order valence-electron chi connectivity index (χ1n) is 7.44. The Bertz CT molecular complexity index is 885. The minimum absolute atomic E-state index is 0. The average molecular weight is 375 g/mol. The third-order valence-electron chi connectivity index (χ3n) is 3.90. The van der Waals surface area contributed by atoms with Crippen molar-refractivity contribution in [1.82, 2.24) is 15.0 Å². The average Bonchev–Trinajstić information content (AvgIpc) is 3.01. The molecule has 0 aliphatic rings. The lowest BCUT2D eigenvalue weighted by molar-refractivity contribution is 0.407. The molecule has 0 aliphatic heterocycles. The van der Waals surface area contributed by atoms with Gasteiger partial charge in [0.2, 0.25) is 0 Å². The van der Waals surface area contributed by atoms with Crippen LogP contribution in [0.2, 0.25) is 0 Å². The van der Waals surface area contributed by atoms with Gasteiger partial charge >= 0.3 is 5.16 Å². The Kier molecular flexibility index (Phi) is 6.36. The number of ether oxygens (including phenoxy) is 2. The minimum Gasteiger partial charge on any atom is -0.609 e. The number of benzene rings is 1. The molecule has 3 rings (SSSR count). The van der Waals surface area contributed by atoms with Crippen LogP contribution < -0.4 is 9.47 Å². The monoisotopic (exact) mass is 375 g/mol. The Hall–Kier alpha value is -1.72. The maximum absolute atomic E-state index is 12.7. The lowest BCUT2D eigenvalue weighted by atomic mass is 10.1. The first kappa shape index (κ1) is 19.6. The van der Waals surface area contributed by atoms with Crippen LogP contribution in [-0.4, -0.2) is 51.1 Å². The Morgan fingerprint density at radius 1 is 1.20 bits per heavy atom. The Morgan fingerprint density at radius 2 is 1.96 bits per heavy atom. The number of hydrogen-bond acceptors (Lipinski definition) is 5. The van der Waals surface area contributed by atoms with E-state index in [0.29, 0.717) is 10.9 Å². The van der Waals surface area contributed by atoms with Crippen LogP contribution in [-0.2, 0) is 16.9 Å².